The number of amides is 1. The van der Waals surface area contributed by atoms with E-state index < -0.39 is 0 Å². The summed E-state index contributed by atoms with van der Waals surface area (Å²) < 4.78 is 1.91. The number of benzene rings is 1. The van der Waals surface area contributed by atoms with Crippen molar-refractivity contribution in [3.8, 4) is 0 Å². The Morgan fingerprint density at radius 3 is 2.40 bits per heavy atom. The Balaban J connectivity index is 0.00000312. The molecule has 0 atom stereocenters. The predicted molar refractivity (Wildman–Crippen MR) is 104 cm³/mol. The highest BCUT2D eigenvalue weighted by atomic mass is 35.5. The quantitative estimate of drug-likeness (QED) is 0.854. The van der Waals surface area contributed by atoms with Gasteiger partial charge in [0.25, 0.3) is 5.91 Å². The van der Waals surface area contributed by atoms with E-state index in [1.807, 2.05) is 46.8 Å². The zero-order chi connectivity index (χ0) is 17.7. The van der Waals surface area contributed by atoms with Gasteiger partial charge in [0.15, 0.2) is 0 Å². The lowest BCUT2D eigenvalue weighted by atomic mass is 10.1. The van der Waals surface area contributed by atoms with Crippen LogP contribution >= 0.6 is 12.4 Å². The number of rotatable bonds is 6. The average molecular weight is 365 g/mol. The van der Waals surface area contributed by atoms with Gasteiger partial charge in [-0.05, 0) is 46.2 Å². The fraction of sp³-hybridized carbons (Fsp3) is 0.474. The summed E-state index contributed by atoms with van der Waals surface area (Å²) in [7, 11) is 0. The smallest absolute Gasteiger partial charge is 0.257 e. The minimum Gasteiger partial charge on any atom is -0.334 e. The maximum atomic E-state index is 13.0. The third-order valence-electron chi connectivity index (χ3n) is 4.01. The topological polar surface area (TPSA) is 64.2 Å². The third-order valence-corrected chi connectivity index (χ3v) is 4.01. The standard InChI is InChI=1S/C19H28N4O.ClH/c1-15-17(13-21-23(15)19(2,3)4)18(24)22(12-8-11-20)14-16-9-6-5-7-10-16;/h5-7,9-10,13H,8,11-12,14,20H2,1-4H3;1H. The van der Waals surface area contributed by atoms with E-state index >= 15 is 0 Å². The Labute approximate surface area is 156 Å². The molecule has 0 saturated carbocycles. The number of hydrogen-bond donors (Lipinski definition) is 1. The van der Waals surface area contributed by atoms with E-state index in [9.17, 15) is 4.79 Å². The minimum absolute atomic E-state index is 0. The van der Waals surface area contributed by atoms with Gasteiger partial charge in [-0.15, -0.1) is 12.4 Å². The molecule has 2 aromatic rings. The molecule has 0 aliphatic heterocycles. The second-order valence-corrected chi connectivity index (χ2v) is 7.08. The van der Waals surface area contributed by atoms with E-state index in [0.717, 1.165) is 17.7 Å². The van der Waals surface area contributed by atoms with Crippen molar-refractivity contribution in [1.29, 1.82) is 0 Å². The van der Waals surface area contributed by atoms with Gasteiger partial charge in [-0.25, -0.2) is 0 Å². The molecular weight excluding hydrogens is 336 g/mol. The molecule has 0 bridgehead atoms. The summed E-state index contributed by atoms with van der Waals surface area (Å²) in [4.78, 5) is 14.9. The molecule has 1 aromatic heterocycles. The Morgan fingerprint density at radius 2 is 1.88 bits per heavy atom. The summed E-state index contributed by atoms with van der Waals surface area (Å²) in [5.41, 5.74) is 8.18. The molecule has 0 spiro atoms. The zero-order valence-corrected chi connectivity index (χ0v) is 16.3. The van der Waals surface area contributed by atoms with Crippen LogP contribution in [0.4, 0.5) is 0 Å². The second kappa shape index (κ2) is 9.02. The fourth-order valence-corrected chi connectivity index (χ4v) is 2.80. The minimum atomic E-state index is -0.149. The number of carbonyl (C=O) groups excluding carboxylic acids is 1. The number of nitrogens with two attached hydrogens (primary N) is 1. The molecule has 0 aliphatic carbocycles. The van der Waals surface area contributed by atoms with Gasteiger partial charge in [0.1, 0.15) is 0 Å². The fourth-order valence-electron chi connectivity index (χ4n) is 2.80. The van der Waals surface area contributed by atoms with Crippen LogP contribution in [0.25, 0.3) is 0 Å². The van der Waals surface area contributed by atoms with Crippen molar-refractivity contribution in [2.45, 2.75) is 46.2 Å². The average Bonchev–Trinajstić information content (AvgIpc) is 2.93. The van der Waals surface area contributed by atoms with Crippen molar-refractivity contribution in [3.63, 3.8) is 0 Å². The summed E-state index contributed by atoms with van der Waals surface area (Å²) in [6.07, 6.45) is 2.47. The SMILES string of the molecule is Cc1c(C(=O)N(CCCN)Cc2ccccc2)cnn1C(C)(C)C.Cl. The lowest BCUT2D eigenvalue weighted by Gasteiger charge is -2.24. The predicted octanol–water partition coefficient (Wildman–Crippen LogP) is 3.36. The maximum absolute atomic E-state index is 13.0. The molecule has 1 aromatic carbocycles. The Morgan fingerprint density at radius 1 is 1.24 bits per heavy atom. The van der Waals surface area contributed by atoms with Crippen molar-refractivity contribution in [2.24, 2.45) is 5.73 Å². The van der Waals surface area contributed by atoms with Crippen LogP contribution in [0.15, 0.2) is 36.5 Å². The van der Waals surface area contributed by atoms with E-state index in [2.05, 4.69) is 25.9 Å². The molecule has 0 radical (unpaired) electrons. The van der Waals surface area contributed by atoms with Crippen LogP contribution in [0.1, 0.15) is 48.8 Å². The molecule has 2 rings (SSSR count). The van der Waals surface area contributed by atoms with E-state index in [-0.39, 0.29) is 23.9 Å². The van der Waals surface area contributed by atoms with Crippen molar-refractivity contribution < 1.29 is 4.79 Å². The van der Waals surface area contributed by atoms with Crippen molar-refractivity contribution in [2.75, 3.05) is 13.1 Å². The summed E-state index contributed by atoms with van der Waals surface area (Å²) in [5.74, 6) is 0.0142. The van der Waals surface area contributed by atoms with Crippen molar-refractivity contribution >= 4 is 18.3 Å². The highest BCUT2D eigenvalue weighted by Crippen LogP contribution is 2.20. The highest BCUT2D eigenvalue weighted by molar-refractivity contribution is 5.95. The molecule has 25 heavy (non-hydrogen) atoms. The van der Waals surface area contributed by atoms with Gasteiger partial charge in [0.05, 0.1) is 17.3 Å². The molecule has 0 aliphatic rings. The summed E-state index contributed by atoms with van der Waals surface area (Å²) in [5, 5.41) is 4.42. The molecule has 0 saturated heterocycles. The third kappa shape index (κ3) is 5.31. The van der Waals surface area contributed by atoms with E-state index in [0.29, 0.717) is 25.2 Å². The highest BCUT2D eigenvalue weighted by Gasteiger charge is 2.24. The van der Waals surface area contributed by atoms with E-state index in [1.54, 1.807) is 6.20 Å². The van der Waals surface area contributed by atoms with Crippen LogP contribution in [0.5, 0.6) is 0 Å². The van der Waals surface area contributed by atoms with Crippen LogP contribution in [-0.4, -0.2) is 33.7 Å². The summed E-state index contributed by atoms with van der Waals surface area (Å²) >= 11 is 0. The molecular formula is C19H29ClN4O. The molecule has 6 heteroatoms. The van der Waals surface area contributed by atoms with Gasteiger partial charge in [0.2, 0.25) is 0 Å². The van der Waals surface area contributed by atoms with Gasteiger partial charge in [-0.1, -0.05) is 30.3 Å². The molecule has 2 N–H and O–H groups in total. The molecule has 1 amide bonds. The van der Waals surface area contributed by atoms with Crippen LogP contribution in [0.2, 0.25) is 0 Å². The van der Waals surface area contributed by atoms with Crippen LogP contribution in [0.3, 0.4) is 0 Å². The first-order valence-electron chi connectivity index (χ1n) is 8.43. The van der Waals surface area contributed by atoms with Gasteiger partial charge in [-0.3, -0.25) is 9.48 Å². The second-order valence-electron chi connectivity index (χ2n) is 7.08. The van der Waals surface area contributed by atoms with E-state index in [4.69, 9.17) is 5.73 Å². The largest absolute Gasteiger partial charge is 0.334 e. The molecule has 0 unspecified atom stereocenters. The first-order valence-corrected chi connectivity index (χ1v) is 8.43. The lowest BCUT2D eigenvalue weighted by Crippen LogP contribution is -2.33. The molecule has 0 fully saturated rings. The first kappa shape index (κ1) is 21.2. The number of halogens is 1. The maximum Gasteiger partial charge on any atom is 0.257 e. The van der Waals surface area contributed by atoms with Gasteiger partial charge < -0.3 is 10.6 Å². The number of carbonyl (C=O) groups is 1. The monoisotopic (exact) mass is 364 g/mol. The summed E-state index contributed by atoms with van der Waals surface area (Å²) in [6, 6.07) is 10.0. The number of nitrogens with zero attached hydrogens (tertiary/aromatic N) is 3. The van der Waals surface area contributed by atoms with Crippen LogP contribution in [0, 0.1) is 6.92 Å². The Hall–Kier alpha value is -1.85. The molecule has 5 nitrogen and oxygen atoms in total. The van der Waals surface area contributed by atoms with Gasteiger partial charge in [0, 0.05) is 18.8 Å². The normalized spacial score (nSPS) is 11.1. The Kier molecular flexibility index (Phi) is 7.64. The van der Waals surface area contributed by atoms with Crippen molar-refractivity contribution in [1.82, 2.24) is 14.7 Å². The van der Waals surface area contributed by atoms with Gasteiger partial charge >= 0.3 is 0 Å². The van der Waals surface area contributed by atoms with Gasteiger partial charge in [-0.2, -0.15) is 5.10 Å². The number of aromatic nitrogens is 2. The first-order chi connectivity index (χ1) is 11.3. The zero-order valence-electron chi connectivity index (χ0n) is 15.5. The van der Waals surface area contributed by atoms with Crippen LogP contribution in [-0.2, 0) is 12.1 Å². The summed E-state index contributed by atoms with van der Waals surface area (Å²) in [6.45, 7) is 9.99. The molecule has 138 valence electrons. The van der Waals surface area contributed by atoms with E-state index in [1.165, 1.54) is 0 Å². The Bertz CT molecular complexity index is 676. The van der Waals surface area contributed by atoms with Crippen LogP contribution < -0.4 is 5.73 Å². The lowest BCUT2D eigenvalue weighted by molar-refractivity contribution is 0.0741. The number of hydrogen-bond acceptors (Lipinski definition) is 3. The van der Waals surface area contributed by atoms with Crippen molar-refractivity contribution in [3.05, 3.63) is 53.3 Å². The molecule has 1 heterocycles.